The Morgan fingerprint density at radius 3 is 3.00 bits per heavy atom. The minimum atomic E-state index is 0.134. The molecule has 0 N–H and O–H groups in total. The molecule has 2 saturated heterocycles. The number of piperidine rings is 1. The van der Waals surface area contributed by atoms with Crippen LogP contribution in [0.15, 0.2) is 10.8 Å². The summed E-state index contributed by atoms with van der Waals surface area (Å²) in [6.07, 6.45) is 3.42. The van der Waals surface area contributed by atoms with Crippen molar-refractivity contribution in [3.8, 4) is 0 Å². The van der Waals surface area contributed by atoms with E-state index in [4.69, 9.17) is 4.42 Å². The predicted octanol–water partition coefficient (Wildman–Crippen LogP) is 0.857. The van der Waals surface area contributed by atoms with Gasteiger partial charge >= 0.3 is 0 Å². The number of aromatic nitrogens is 2. The quantitative estimate of drug-likeness (QED) is 0.824. The van der Waals surface area contributed by atoms with E-state index in [0.29, 0.717) is 18.3 Å². The molecule has 1 atom stereocenters. The largest absolute Gasteiger partial charge is 0.427 e. The minimum Gasteiger partial charge on any atom is -0.427 e. The van der Waals surface area contributed by atoms with Crippen molar-refractivity contribution in [1.29, 1.82) is 0 Å². The van der Waals surface area contributed by atoms with E-state index in [-0.39, 0.29) is 5.92 Å². The van der Waals surface area contributed by atoms with E-state index in [2.05, 4.69) is 15.1 Å². The summed E-state index contributed by atoms with van der Waals surface area (Å²) >= 11 is 1.93. The molecule has 6 nitrogen and oxygen atoms in total. The van der Waals surface area contributed by atoms with Crippen molar-refractivity contribution in [3.05, 3.63) is 12.3 Å². The molecule has 1 amide bonds. The van der Waals surface area contributed by atoms with Crippen molar-refractivity contribution in [2.75, 3.05) is 37.7 Å². The average Bonchev–Trinajstić information content (AvgIpc) is 3.01. The number of carbonyl (C=O) groups is 1. The maximum absolute atomic E-state index is 12.5. The lowest BCUT2D eigenvalue weighted by molar-refractivity contribution is -0.137. The Morgan fingerprint density at radius 2 is 2.25 bits per heavy atom. The van der Waals surface area contributed by atoms with E-state index >= 15 is 0 Å². The van der Waals surface area contributed by atoms with Gasteiger partial charge in [0.25, 0.3) is 0 Å². The van der Waals surface area contributed by atoms with Gasteiger partial charge < -0.3 is 9.32 Å². The number of carbonyl (C=O) groups excluding carboxylic acids is 1. The van der Waals surface area contributed by atoms with Gasteiger partial charge in [-0.2, -0.15) is 11.8 Å². The normalized spacial score (nSPS) is 24.8. The highest BCUT2D eigenvalue weighted by molar-refractivity contribution is 7.99. The summed E-state index contributed by atoms with van der Waals surface area (Å²) in [5.41, 5.74) is 0. The molecule has 1 aromatic rings. The maximum atomic E-state index is 12.5. The minimum absolute atomic E-state index is 0.134. The van der Waals surface area contributed by atoms with Crippen LogP contribution in [-0.2, 0) is 11.3 Å². The lowest BCUT2D eigenvalue weighted by Gasteiger charge is -2.35. The zero-order valence-electron chi connectivity index (χ0n) is 11.5. The average molecular weight is 296 g/mol. The number of hydrogen-bond donors (Lipinski definition) is 0. The molecule has 110 valence electrons. The number of nitrogens with zero attached hydrogens (tertiary/aromatic N) is 4. The van der Waals surface area contributed by atoms with Crippen LogP contribution in [-0.4, -0.2) is 63.6 Å². The van der Waals surface area contributed by atoms with Gasteiger partial charge in [0.05, 0.1) is 12.5 Å². The van der Waals surface area contributed by atoms with Gasteiger partial charge in [-0.15, -0.1) is 10.2 Å². The molecule has 2 fully saturated rings. The van der Waals surface area contributed by atoms with Crippen LogP contribution in [0.5, 0.6) is 0 Å². The smallest absolute Gasteiger partial charge is 0.230 e. The number of hydrogen-bond acceptors (Lipinski definition) is 6. The Balaban J connectivity index is 1.55. The number of amides is 1. The molecule has 0 spiro atoms. The molecule has 0 aliphatic carbocycles. The fourth-order valence-electron chi connectivity index (χ4n) is 2.90. The van der Waals surface area contributed by atoms with Crippen LogP contribution >= 0.6 is 11.8 Å². The number of rotatable bonds is 3. The molecule has 7 heteroatoms. The van der Waals surface area contributed by atoms with Crippen molar-refractivity contribution >= 4 is 17.7 Å². The van der Waals surface area contributed by atoms with Gasteiger partial charge in [-0.3, -0.25) is 9.69 Å². The summed E-state index contributed by atoms with van der Waals surface area (Å²) in [6.45, 7) is 4.28. The summed E-state index contributed by atoms with van der Waals surface area (Å²) in [5.74, 6) is 3.25. The molecular formula is C13H20N4O2S. The van der Waals surface area contributed by atoms with Gasteiger partial charge in [0.1, 0.15) is 0 Å². The molecule has 3 heterocycles. The monoisotopic (exact) mass is 296 g/mol. The van der Waals surface area contributed by atoms with E-state index in [9.17, 15) is 4.79 Å². The van der Waals surface area contributed by atoms with Crippen LogP contribution in [0.25, 0.3) is 0 Å². The Hall–Kier alpha value is -1.08. The highest BCUT2D eigenvalue weighted by atomic mass is 32.2. The zero-order valence-corrected chi connectivity index (χ0v) is 12.3. The molecule has 3 rings (SSSR count). The van der Waals surface area contributed by atoms with Gasteiger partial charge in [0.2, 0.25) is 18.2 Å². The molecule has 2 aliphatic heterocycles. The summed E-state index contributed by atoms with van der Waals surface area (Å²) in [4.78, 5) is 16.8. The van der Waals surface area contributed by atoms with Crippen molar-refractivity contribution in [1.82, 2.24) is 20.0 Å². The first-order valence-corrected chi connectivity index (χ1v) is 8.32. The topological polar surface area (TPSA) is 62.5 Å². The third kappa shape index (κ3) is 3.32. The van der Waals surface area contributed by atoms with Gasteiger partial charge in [-0.1, -0.05) is 0 Å². The fourth-order valence-corrected chi connectivity index (χ4v) is 3.80. The third-order valence-corrected chi connectivity index (χ3v) is 4.88. The lowest BCUT2D eigenvalue weighted by Crippen LogP contribution is -2.47. The Morgan fingerprint density at radius 1 is 1.40 bits per heavy atom. The Labute approximate surface area is 122 Å². The highest BCUT2D eigenvalue weighted by Gasteiger charge is 2.30. The van der Waals surface area contributed by atoms with Gasteiger partial charge in [-0.25, -0.2) is 0 Å². The van der Waals surface area contributed by atoms with Gasteiger partial charge in [-0.05, 0) is 19.4 Å². The second-order valence-electron chi connectivity index (χ2n) is 5.34. The van der Waals surface area contributed by atoms with E-state index < -0.39 is 0 Å². The molecule has 1 unspecified atom stereocenters. The number of likely N-dealkylation sites (tertiary alicyclic amines) is 1. The van der Waals surface area contributed by atoms with Crippen molar-refractivity contribution in [2.45, 2.75) is 19.4 Å². The van der Waals surface area contributed by atoms with Crippen molar-refractivity contribution < 1.29 is 9.21 Å². The molecule has 0 bridgehead atoms. The standard InChI is InChI=1S/C13H20N4O2S/c18-13(17-4-6-20-7-5-17)11-2-1-3-16(8-11)9-12-15-14-10-19-12/h10-11H,1-9H2. The lowest BCUT2D eigenvalue weighted by atomic mass is 9.96. The first kappa shape index (κ1) is 13.9. The maximum Gasteiger partial charge on any atom is 0.230 e. The zero-order chi connectivity index (χ0) is 13.8. The molecule has 0 radical (unpaired) electrons. The molecular weight excluding hydrogens is 276 g/mol. The highest BCUT2D eigenvalue weighted by Crippen LogP contribution is 2.21. The molecule has 0 saturated carbocycles. The van der Waals surface area contributed by atoms with Crippen molar-refractivity contribution in [2.24, 2.45) is 5.92 Å². The summed E-state index contributed by atoms with van der Waals surface area (Å²) in [5, 5.41) is 7.61. The second-order valence-corrected chi connectivity index (χ2v) is 6.57. The van der Waals surface area contributed by atoms with Gasteiger partial charge in [0.15, 0.2) is 0 Å². The van der Waals surface area contributed by atoms with Crippen LogP contribution < -0.4 is 0 Å². The molecule has 0 aromatic carbocycles. The summed E-state index contributed by atoms with van der Waals surface area (Å²) < 4.78 is 5.19. The van der Waals surface area contributed by atoms with Crippen LogP contribution in [0.4, 0.5) is 0 Å². The fraction of sp³-hybridized carbons (Fsp3) is 0.769. The van der Waals surface area contributed by atoms with E-state index in [1.807, 2.05) is 16.7 Å². The van der Waals surface area contributed by atoms with E-state index in [1.165, 1.54) is 6.39 Å². The first-order chi connectivity index (χ1) is 9.83. The third-order valence-electron chi connectivity index (χ3n) is 3.94. The van der Waals surface area contributed by atoms with E-state index in [1.54, 1.807) is 0 Å². The summed E-state index contributed by atoms with van der Waals surface area (Å²) in [6, 6.07) is 0. The van der Waals surface area contributed by atoms with Crippen LogP contribution in [0.2, 0.25) is 0 Å². The SMILES string of the molecule is O=C(C1CCCN(Cc2nnco2)C1)N1CCSCC1. The second kappa shape index (κ2) is 6.58. The van der Waals surface area contributed by atoms with Crippen LogP contribution in [0.1, 0.15) is 18.7 Å². The Kier molecular flexibility index (Phi) is 4.57. The molecule has 2 aliphatic rings. The predicted molar refractivity (Wildman–Crippen MR) is 76.2 cm³/mol. The van der Waals surface area contributed by atoms with Gasteiger partial charge in [0, 0.05) is 31.1 Å². The van der Waals surface area contributed by atoms with E-state index in [0.717, 1.165) is 50.5 Å². The first-order valence-electron chi connectivity index (χ1n) is 7.17. The van der Waals surface area contributed by atoms with Crippen molar-refractivity contribution in [3.63, 3.8) is 0 Å². The molecule has 1 aromatic heterocycles. The number of thioether (sulfide) groups is 1. The van der Waals surface area contributed by atoms with Crippen LogP contribution in [0, 0.1) is 5.92 Å². The summed E-state index contributed by atoms with van der Waals surface area (Å²) in [7, 11) is 0. The van der Waals surface area contributed by atoms with Crippen LogP contribution in [0.3, 0.4) is 0 Å². The Bertz CT molecular complexity index is 434. The molecule has 20 heavy (non-hydrogen) atoms.